The molecular weight excluding hydrogens is 262 g/mol. The zero-order valence-corrected chi connectivity index (χ0v) is 11.5. The SMILES string of the molecule is CC(C)(CO)[C@@H](O)C(=O)NCc1ccc(C(=O)O)cc1. The van der Waals surface area contributed by atoms with E-state index in [4.69, 9.17) is 10.2 Å². The maximum absolute atomic E-state index is 11.7. The molecule has 0 aliphatic rings. The van der Waals surface area contributed by atoms with Gasteiger partial charge in [0.1, 0.15) is 6.10 Å². The number of nitrogens with one attached hydrogen (secondary N) is 1. The highest BCUT2D eigenvalue weighted by Crippen LogP contribution is 2.19. The largest absolute Gasteiger partial charge is 0.478 e. The fourth-order valence-corrected chi connectivity index (χ4v) is 1.49. The number of carbonyl (C=O) groups is 2. The third-order valence-electron chi connectivity index (χ3n) is 3.06. The second kappa shape index (κ2) is 6.49. The van der Waals surface area contributed by atoms with E-state index >= 15 is 0 Å². The lowest BCUT2D eigenvalue weighted by atomic mass is 9.87. The molecular formula is C14H19NO5. The van der Waals surface area contributed by atoms with Gasteiger partial charge in [-0.05, 0) is 17.7 Å². The predicted octanol–water partition coefficient (Wildman–Crippen LogP) is 0.380. The number of carbonyl (C=O) groups excluding carboxylic acids is 1. The van der Waals surface area contributed by atoms with Gasteiger partial charge in [-0.15, -0.1) is 0 Å². The summed E-state index contributed by atoms with van der Waals surface area (Å²) in [5.74, 6) is -1.59. The van der Waals surface area contributed by atoms with Crippen molar-refractivity contribution in [2.24, 2.45) is 5.41 Å². The first-order chi connectivity index (χ1) is 9.27. The molecule has 6 heteroatoms. The van der Waals surface area contributed by atoms with E-state index in [1.807, 2.05) is 0 Å². The van der Waals surface area contributed by atoms with Crippen LogP contribution in [-0.4, -0.2) is 39.9 Å². The zero-order valence-electron chi connectivity index (χ0n) is 11.5. The van der Waals surface area contributed by atoms with Gasteiger partial charge in [0.15, 0.2) is 0 Å². The van der Waals surface area contributed by atoms with Crippen molar-refractivity contribution in [2.45, 2.75) is 26.5 Å². The summed E-state index contributed by atoms with van der Waals surface area (Å²) in [6.07, 6.45) is -1.31. The van der Waals surface area contributed by atoms with Crippen LogP contribution in [0.3, 0.4) is 0 Å². The minimum absolute atomic E-state index is 0.168. The summed E-state index contributed by atoms with van der Waals surface area (Å²) in [4.78, 5) is 22.4. The third-order valence-corrected chi connectivity index (χ3v) is 3.06. The molecule has 1 rings (SSSR count). The number of aliphatic hydroxyl groups excluding tert-OH is 2. The van der Waals surface area contributed by atoms with E-state index in [-0.39, 0.29) is 18.7 Å². The number of benzene rings is 1. The molecule has 1 aromatic carbocycles. The average molecular weight is 281 g/mol. The summed E-state index contributed by atoms with van der Waals surface area (Å²) in [5.41, 5.74) is -0.0315. The minimum Gasteiger partial charge on any atom is -0.478 e. The Balaban J connectivity index is 2.59. The van der Waals surface area contributed by atoms with E-state index in [0.717, 1.165) is 5.56 Å². The Bertz CT molecular complexity index is 481. The third kappa shape index (κ3) is 4.04. The number of amides is 1. The Morgan fingerprint density at radius 2 is 1.80 bits per heavy atom. The molecule has 0 heterocycles. The van der Waals surface area contributed by atoms with Gasteiger partial charge in [-0.2, -0.15) is 0 Å². The molecule has 1 atom stereocenters. The highest BCUT2D eigenvalue weighted by molar-refractivity contribution is 5.87. The fraction of sp³-hybridized carbons (Fsp3) is 0.429. The number of rotatable bonds is 6. The summed E-state index contributed by atoms with van der Waals surface area (Å²) >= 11 is 0. The van der Waals surface area contributed by atoms with Gasteiger partial charge in [-0.25, -0.2) is 4.79 Å². The lowest BCUT2D eigenvalue weighted by Crippen LogP contribution is -2.45. The van der Waals surface area contributed by atoms with Crippen LogP contribution in [0.2, 0.25) is 0 Å². The molecule has 0 saturated carbocycles. The number of aromatic carboxylic acids is 1. The van der Waals surface area contributed by atoms with Crippen molar-refractivity contribution in [3.8, 4) is 0 Å². The van der Waals surface area contributed by atoms with Crippen molar-refractivity contribution in [1.82, 2.24) is 5.32 Å². The van der Waals surface area contributed by atoms with Crippen molar-refractivity contribution in [3.63, 3.8) is 0 Å². The smallest absolute Gasteiger partial charge is 0.335 e. The van der Waals surface area contributed by atoms with Crippen molar-refractivity contribution < 1.29 is 24.9 Å². The topological polar surface area (TPSA) is 107 Å². The molecule has 0 bridgehead atoms. The maximum atomic E-state index is 11.7. The zero-order chi connectivity index (χ0) is 15.3. The van der Waals surface area contributed by atoms with Crippen molar-refractivity contribution >= 4 is 11.9 Å². The van der Waals surface area contributed by atoms with Gasteiger partial charge in [-0.1, -0.05) is 26.0 Å². The van der Waals surface area contributed by atoms with Crippen LogP contribution in [0.1, 0.15) is 29.8 Å². The van der Waals surface area contributed by atoms with Crippen LogP contribution in [0.5, 0.6) is 0 Å². The van der Waals surface area contributed by atoms with Crippen molar-refractivity contribution in [1.29, 1.82) is 0 Å². The van der Waals surface area contributed by atoms with E-state index < -0.39 is 23.4 Å². The Labute approximate surface area is 117 Å². The lowest BCUT2D eigenvalue weighted by Gasteiger charge is -2.27. The van der Waals surface area contributed by atoms with E-state index in [9.17, 15) is 14.7 Å². The summed E-state index contributed by atoms with van der Waals surface area (Å²) in [6.45, 7) is 3.03. The van der Waals surface area contributed by atoms with Crippen molar-refractivity contribution in [2.75, 3.05) is 6.61 Å². The number of carboxylic acids is 1. The van der Waals surface area contributed by atoms with E-state index in [1.165, 1.54) is 12.1 Å². The van der Waals surface area contributed by atoms with Gasteiger partial charge in [-0.3, -0.25) is 4.79 Å². The van der Waals surface area contributed by atoms with Gasteiger partial charge in [0.05, 0.1) is 12.2 Å². The van der Waals surface area contributed by atoms with Crippen LogP contribution in [0, 0.1) is 5.41 Å². The van der Waals surface area contributed by atoms with Crippen LogP contribution in [0.4, 0.5) is 0 Å². The van der Waals surface area contributed by atoms with Crippen LogP contribution >= 0.6 is 0 Å². The summed E-state index contributed by atoms with van der Waals surface area (Å²) in [6, 6.07) is 6.07. The van der Waals surface area contributed by atoms with Crippen LogP contribution in [0.15, 0.2) is 24.3 Å². The normalized spacial score (nSPS) is 12.8. The highest BCUT2D eigenvalue weighted by atomic mass is 16.4. The standard InChI is InChI=1S/C14H19NO5/c1-14(2,8-16)11(17)12(18)15-7-9-3-5-10(6-4-9)13(19)20/h3-6,11,16-17H,7-8H2,1-2H3,(H,15,18)(H,19,20)/t11-/m0/s1. The van der Waals surface area contributed by atoms with Gasteiger partial charge in [0.2, 0.25) is 5.91 Å². The Kier molecular flexibility index (Phi) is 5.24. The molecule has 1 amide bonds. The predicted molar refractivity (Wildman–Crippen MR) is 72.1 cm³/mol. The van der Waals surface area contributed by atoms with Gasteiger partial charge in [0.25, 0.3) is 0 Å². The number of hydrogen-bond acceptors (Lipinski definition) is 4. The first kappa shape index (κ1) is 16.1. The monoisotopic (exact) mass is 281 g/mol. The van der Waals surface area contributed by atoms with Gasteiger partial charge >= 0.3 is 5.97 Å². The maximum Gasteiger partial charge on any atom is 0.335 e. The molecule has 1 aromatic rings. The molecule has 0 aromatic heterocycles. The molecule has 0 spiro atoms. The van der Waals surface area contributed by atoms with E-state index in [2.05, 4.69) is 5.32 Å². The molecule has 110 valence electrons. The molecule has 0 aliphatic heterocycles. The second-order valence-electron chi connectivity index (χ2n) is 5.27. The fourth-order valence-electron chi connectivity index (χ4n) is 1.49. The number of carboxylic acid groups (broad SMARTS) is 1. The Morgan fingerprint density at radius 1 is 1.25 bits per heavy atom. The molecule has 6 nitrogen and oxygen atoms in total. The molecule has 4 N–H and O–H groups in total. The molecule has 0 radical (unpaired) electrons. The van der Waals surface area contributed by atoms with Gasteiger partial charge < -0.3 is 20.6 Å². The number of aliphatic hydroxyl groups is 2. The average Bonchev–Trinajstić information content (AvgIpc) is 2.44. The molecule has 0 aliphatic carbocycles. The van der Waals surface area contributed by atoms with Crippen molar-refractivity contribution in [3.05, 3.63) is 35.4 Å². The Hall–Kier alpha value is -1.92. The molecule has 20 heavy (non-hydrogen) atoms. The summed E-state index contributed by atoms with van der Waals surface area (Å²) in [5, 5.41) is 30.2. The number of hydrogen-bond donors (Lipinski definition) is 4. The van der Waals surface area contributed by atoms with Crippen LogP contribution < -0.4 is 5.32 Å². The second-order valence-corrected chi connectivity index (χ2v) is 5.27. The van der Waals surface area contributed by atoms with Gasteiger partial charge in [0, 0.05) is 12.0 Å². The minimum atomic E-state index is -1.31. The molecule has 0 saturated heterocycles. The quantitative estimate of drug-likeness (QED) is 0.603. The molecule has 0 unspecified atom stereocenters. The van der Waals surface area contributed by atoms with Crippen LogP contribution in [0.25, 0.3) is 0 Å². The van der Waals surface area contributed by atoms with E-state index in [0.29, 0.717) is 0 Å². The highest BCUT2D eigenvalue weighted by Gasteiger charge is 2.32. The van der Waals surface area contributed by atoms with E-state index in [1.54, 1.807) is 26.0 Å². The lowest BCUT2D eigenvalue weighted by molar-refractivity contribution is -0.137. The molecule has 0 fully saturated rings. The first-order valence-electron chi connectivity index (χ1n) is 6.17. The summed E-state index contributed by atoms with van der Waals surface area (Å²) in [7, 11) is 0. The first-order valence-corrected chi connectivity index (χ1v) is 6.17. The van der Waals surface area contributed by atoms with Crippen LogP contribution in [-0.2, 0) is 11.3 Å². The Morgan fingerprint density at radius 3 is 2.25 bits per heavy atom. The summed E-state index contributed by atoms with van der Waals surface area (Å²) < 4.78 is 0.